The van der Waals surface area contributed by atoms with E-state index in [-0.39, 0.29) is 24.0 Å². The number of nitrogens with one attached hydrogen (secondary N) is 1. The average molecular weight is 485 g/mol. The molecule has 1 saturated heterocycles. The van der Waals surface area contributed by atoms with Gasteiger partial charge in [-0.15, -0.1) is 24.0 Å². The van der Waals surface area contributed by atoms with E-state index in [9.17, 15) is 0 Å². The topological polar surface area (TPSA) is 36.9 Å². The fraction of sp³-hybridized carbons (Fsp3) is 0.682. The van der Waals surface area contributed by atoms with Gasteiger partial charge in [-0.1, -0.05) is 43.2 Å². The minimum Gasteiger partial charge on any atom is -0.381 e. The normalized spacial score (nSPS) is 22.3. The molecule has 1 aromatic carbocycles. The number of ether oxygens (including phenoxy) is 1. The average Bonchev–Trinajstić information content (AvgIpc) is 3.11. The summed E-state index contributed by atoms with van der Waals surface area (Å²) in [6.07, 6.45) is 8.91. The highest BCUT2D eigenvalue weighted by atomic mass is 127. The summed E-state index contributed by atoms with van der Waals surface area (Å²) >= 11 is 0. The second-order valence-corrected chi connectivity index (χ2v) is 7.74. The Morgan fingerprint density at radius 2 is 1.78 bits per heavy atom. The van der Waals surface area contributed by atoms with Crippen LogP contribution in [0, 0.1) is 11.8 Å². The molecule has 1 heterocycles. The molecule has 0 spiro atoms. The van der Waals surface area contributed by atoms with E-state index in [2.05, 4.69) is 45.5 Å². The fourth-order valence-electron chi connectivity index (χ4n) is 4.38. The van der Waals surface area contributed by atoms with Crippen LogP contribution in [-0.2, 0) is 11.2 Å². The van der Waals surface area contributed by atoms with Crippen LogP contribution in [0.25, 0.3) is 0 Å². The van der Waals surface area contributed by atoms with Gasteiger partial charge in [-0.2, -0.15) is 0 Å². The summed E-state index contributed by atoms with van der Waals surface area (Å²) in [5.41, 5.74) is 1.35. The zero-order valence-electron chi connectivity index (χ0n) is 16.7. The van der Waals surface area contributed by atoms with Gasteiger partial charge in [0.15, 0.2) is 5.96 Å². The van der Waals surface area contributed by atoms with Crippen molar-refractivity contribution in [2.24, 2.45) is 16.8 Å². The maximum absolute atomic E-state index is 5.77. The Balaban J connectivity index is 0.00000261. The van der Waals surface area contributed by atoms with Crippen molar-refractivity contribution in [2.75, 3.05) is 39.9 Å². The van der Waals surface area contributed by atoms with Gasteiger partial charge >= 0.3 is 0 Å². The van der Waals surface area contributed by atoms with Crippen LogP contribution in [0.2, 0.25) is 0 Å². The first kappa shape index (κ1) is 22.5. The van der Waals surface area contributed by atoms with E-state index in [0.717, 1.165) is 56.8 Å². The zero-order chi connectivity index (χ0) is 18.0. The van der Waals surface area contributed by atoms with E-state index >= 15 is 0 Å². The molecule has 1 aromatic rings. The minimum atomic E-state index is 0. The number of halogens is 1. The molecule has 5 heteroatoms. The fourth-order valence-corrected chi connectivity index (χ4v) is 4.38. The molecule has 0 bridgehead atoms. The van der Waals surface area contributed by atoms with E-state index in [4.69, 9.17) is 4.74 Å². The third-order valence-electron chi connectivity index (χ3n) is 5.86. The Labute approximate surface area is 182 Å². The lowest BCUT2D eigenvalue weighted by atomic mass is 9.82. The van der Waals surface area contributed by atoms with Crippen molar-refractivity contribution >= 4 is 29.9 Å². The van der Waals surface area contributed by atoms with Gasteiger partial charge < -0.3 is 15.0 Å². The molecule has 2 atom stereocenters. The number of hydrogen-bond donors (Lipinski definition) is 1. The lowest BCUT2D eigenvalue weighted by Gasteiger charge is -2.22. The molecular formula is C22H36IN3O. The molecule has 1 aliphatic heterocycles. The van der Waals surface area contributed by atoms with Crippen molar-refractivity contribution in [1.29, 1.82) is 0 Å². The number of unbranched alkanes of at least 4 members (excludes halogenated alkanes) is 1. The van der Waals surface area contributed by atoms with Gasteiger partial charge in [0.2, 0.25) is 0 Å². The zero-order valence-corrected chi connectivity index (χ0v) is 19.1. The lowest BCUT2D eigenvalue weighted by molar-refractivity contribution is 0.133. The van der Waals surface area contributed by atoms with E-state index in [1.54, 1.807) is 0 Å². The molecule has 0 radical (unpaired) electrons. The van der Waals surface area contributed by atoms with E-state index in [1.165, 1.54) is 44.3 Å². The number of guanidine groups is 1. The molecule has 1 saturated carbocycles. The summed E-state index contributed by atoms with van der Waals surface area (Å²) in [5.74, 6) is 2.91. The quantitative estimate of drug-likeness (QED) is 0.258. The molecule has 3 rings (SSSR count). The summed E-state index contributed by atoms with van der Waals surface area (Å²) in [6.45, 7) is 5.05. The number of nitrogens with zero attached hydrogens (tertiary/aromatic N) is 2. The van der Waals surface area contributed by atoms with Gasteiger partial charge in [-0.3, -0.25) is 4.99 Å². The van der Waals surface area contributed by atoms with Crippen LogP contribution in [-0.4, -0.2) is 50.8 Å². The van der Waals surface area contributed by atoms with Crippen LogP contribution in [0.3, 0.4) is 0 Å². The third kappa shape index (κ3) is 7.26. The summed E-state index contributed by atoms with van der Waals surface area (Å²) in [4.78, 5) is 6.99. The van der Waals surface area contributed by atoms with Gasteiger partial charge in [0.05, 0.1) is 6.61 Å². The third-order valence-corrected chi connectivity index (χ3v) is 5.86. The molecule has 2 fully saturated rings. The molecule has 4 nitrogen and oxygen atoms in total. The monoisotopic (exact) mass is 485 g/mol. The first-order valence-electron chi connectivity index (χ1n) is 10.4. The van der Waals surface area contributed by atoms with Crippen LogP contribution in [0.15, 0.2) is 35.3 Å². The summed E-state index contributed by atoms with van der Waals surface area (Å²) in [7, 11) is 1.91. The number of rotatable bonds is 8. The van der Waals surface area contributed by atoms with Crippen LogP contribution in [0.4, 0.5) is 0 Å². The highest BCUT2D eigenvalue weighted by Crippen LogP contribution is 2.35. The van der Waals surface area contributed by atoms with Crippen LogP contribution in [0.5, 0.6) is 0 Å². The Morgan fingerprint density at radius 1 is 1.07 bits per heavy atom. The van der Waals surface area contributed by atoms with Crippen molar-refractivity contribution in [2.45, 2.75) is 44.9 Å². The summed E-state index contributed by atoms with van der Waals surface area (Å²) < 4.78 is 5.77. The first-order valence-corrected chi connectivity index (χ1v) is 10.4. The Morgan fingerprint density at radius 3 is 2.44 bits per heavy atom. The number of likely N-dealkylation sites (tertiary alicyclic amines) is 1. The van der Waals surface area contributed by atoms with Crippen LogP contribution >= 0.6 is 24.0 Å². The van der Waals surface area contributed by atoms with Crippen molar-refractivity contribution in [1.82, 2.24) is 10.2 Å². The Bertz CT molecular complexity index is 538. The molecule has 1 N–H and O–H groups in total. The second kappa shape index (κ2) is 12.6. The van der Waals surface area contributed by atoms with Gasteiger partial charge in [0.25, 0.3) is 0 Å². The van der Waals surface area contributed by atoms with E-state index in [1.807, 2.05) is 7.05 Å². The second-order valence-electron chi connectivity index (χ2n) is 7.74. The number of fused-ring (bicyclic) bond motifs is 1. The molecule has 152 valence electrons. The summed E-state index contributed by atoms with van der Waals surface area (Å²) in [5, 5.41) is 3.56. The predicted molar refractivity (Wildman–Crippen MR) is 124 cm³/mol. The van der Waals surface area contributed by atoms with Crippen molar-refractivity contribution in [3.05, 3.63) is 35.9 Å². The number of benzene rings is 1. The van der Waals surface area contributed by atoms with Gasteiger partial charge in [-0.05, 0) is 49.5 Å². The van der Waals surface area contributed by atoms with Gasteiger partial charge in [0, 0.05) is 33.3 Å². The van der Waals surface area contributed by atoms with Crippen molar-refractivity contribution in [3.8, 4) is 0 Å². The molecule has 27 heavy (non-hydrogen) atoms. The van der Waals surface area contributed by atoms with Crippen LogP contribution in [0.1, 0.15) is 44.1 Å². The van der Waals surface area contributed by atoms with E-state index in [0.29, 0.717) is 0 Å². The lowest BCUT2D eigenvalue weighted by Crippen LogP contribution is -2.40. The molecule has 2 aliphatic rings. The van der Waals surface area contributed by atoms with Crippen LogP contribution < -0.4 is 5.32 Å². The predicted octanol–water partition coefficient (Wildman–Crippen LogP) is 4.34. The largest absolute Gasteiger partial charge is 0.381 e. The highest BCUT2D eigenvalue weighted by Gasteiger charge is 2.35. The SMILES string of the molecule is CN=C(NCCCCOCCc1ccccc1)N1CC2CCCCC2C1.I. The molecule has 1 aliphatic carbocycles. The van der Waals surface area contributed by atoms with Gasteiger partial charge in [-0.25, -0.2) is 0 Å². The smallest absolute Gasteiger partial charge is 0.193 e. The Kier molecular flexibility index (Phi) is 10.5. The van der Waals surface area contributed by atoms with Crippen molar-refractivity contribution in [3.63, 3.8) is 0 Å². The van der Waals surface area contributed by atoms with Crippen molar-refractivity contribution < 1.29 is 4.74 Å². The summed E-state index contributed by atoms with van der Waals surface area (Å²) in [6, 6.07) is 10.5. The highest BCUT2D eigenvalue weighted by molar-refractivity contribution is 14.0. The maximum atomic E-state index is 5.77. The molecule has 0 aromatic heterocycles. The molecule has 2 unspecified atom stereocenters. The van der Waals surface area contributed by atoms with Gasteiger partial charge in [0.1, 0.15) is 0 Å². The first-order chi connectivity index (χ1) is 12.9. The Hall–Kier alpha value is -0.820. The maximum Gasteiger partial charge on any atom is 0.193 e. The minimum absolute atomic E-state index is 0. The molecular weight excluding hydrogens is 449 g/mol. The number of aliphatic imine (C=N–C) groups is 1. The van der Waals surface area contributed by atoms with E-state index < -0.39 is 0 Å². The number of hydrogen-bond acceptors (Lipinski definition) is 2. The molecule has 0 amide bonds. The standard InChI is InChI=1S/C22H35N3O.HI/c1-23-22(25-17-20-11-5-6-12-21(20)18-25)24-14-7-8-15-26-16-13-19-9-3-2-4-10-19;/h2-4,9-10,20-21H,5-8,11-18H2,1H3,(H,23,24);1H.